The number of hydrogen-bond donors (Lipinski definition) is 0. The van der Waals surface area contributed by atoms with Gasteiger partial charge in [-0.15, -0.1) is 0 Å². The Kier molecular flexibility index (Phi) is 2.88. The third-order valence-electron chi connectivity index (χ3n) is 2.82. The van der Waals surface area contributed by atoms with E-state index in [4.69, 9.17) is 0 Å². The minimum atomic E-state index is -0.577. The SMILES string of the molecule is Cc1ncc[n+](C)c1-c1cc(F)cc(F)c1C. The predicted octanol–water partition coefficient (Wildman–Crippen LogP) is 2.47. The summed E-state index contributed by atoms with van der Waals surface area (Å²) in [6.07, 6.45) is 3.41. The average Bonchev–Trinajstić information content (AvgIpc) is 2.24. The minimum Gasteiger partial charge on any atom is -0.248 e. The van der Waals surface area contributed by atoms with Crippen molar-refractivity contribution in [1.29, 1.82) is 0 Å². The molecule has 2 rings (SSSR count). The van der Waals surface area contributed by atoms with Gasteiger partial charge in [0.25, 0.3) is 0 Å². The van der Waals surface area contributed by atoms with Gasteiger partial charge in [0.2, 0.25) is 5.69 Å². The highest BCUT2D eigenvalue weighted by Crippen LogP contribution is 2.25. The molecule has 2 nitrogen and oxygen atoms in total. The third-order valence-corrected chi connectivity index (χ3v) is 2.82. The van der Waals surface area contributed by atoms with Crippen LogP contribution >= 0.6 is 0 Å². The molecule has 0 spiro atoms. The number of benzene rings is 1. The van der Waals surface area contributed by atoms with Gasteiger partial charge in [-0.3, -0.25) is 0 Å². The first-order valence-electron chi connectivity index (χ1n) is 5.28. The second kappa shape index (κ2) is 4.20. The number of halogens is 2. The molecule has 2 aromatic rings. The maximum Gasteiger partial charge on any atom is 0.234 e. The molecule has 0 N–H and O–H groups in total. The Morgan fingerprint density at radius 1 is 1.18 bits per heavy atom. The van der Waals surface area contributed by atoms with Crippen molar-refractivity contribution in [2.24, 2.45) is 7.05 Å². The van der Waals surface area contributed by atoms with Crippen LogP contribution in [0.1, 0.15) is 11.3 Å². The van der Waals surface area contributed by atoms with Crippen molar-refractivity contribution in [1.82, 2.24) is 4.98 Å². The number of aromatic nitrogens is 2. The zero-order valence-corrected chi connectivity index (χ0v) is 9.96. The fourth-order valence-electron chi connectivity index (χ4n) is 1.91. The molecule has 0 bridgehead atoms. The molecule has 88 valence electrons. The molecule has 0 fully saturated rings. The number of nitrogens with zero attached hydrogens (tertiary/aromatic N) is 2. The second-order valence-corrected chi connectivity index (χ2v) is 4.03. The van der Waals surface area contributed by atoms with E-state index in [1.54, 1.807) is 19.3 Å². The summed E-state index contributed by atoms with van der Waals surface area (Å²) in [5.74, 6) is -1.12. The summed E-state index contributed by atoms with van der Waals surface area (Å²) in [4.78, 5) is 4.15. The van der Waals surface area contributed by atoms with Gasteiger partial charge in [0.05, 0.1) is 11.8 Å². The molecule has 0 saturated heterocycles. The maximum absolute atomic E-state index is 13.5. The van der Waals surface area contributed by atoms with Gasteiger partial charge in [-0.2, -0.15) is 4.57 Å². The zero-order chi connectivity index (χ0) is 12.6. The van der Waals surface area contributed by atoms with Gasteiger partial charge >= 0.3 is 0 Å². The van der Waals surface area contributed by atoms with E-state index >= 15 is 0 Å². The van der Waals surface area contributed by atoms with Crippen LogP contribution in [0.5, 0.6) is 0 Å². The van der Waals surface area contributed by atoms with Crippen LogP contribution in [-0.4, -0.2) is 4.98 Å². The fourth-order valence-corrected chi connectivity index (χ4v) is 1.91. The van der Waals surface area contributed by atoms with Gasteiger partial charge in [-0.1, -0.05) is 0 Å². The molecular formula is C13H13F2N2+. The van der Waals surface area contributed by atoms with E-state index in [1.165, 1.54) is 6.07 Å². The van der Waals surface area contributed by atoms with Crippen LogP contribution in [-0.2, 0) is 7.05 Å². The molecule has 0 atom stereocenters. The van der Waals surface area contributed by atoms with Crippen molar-refractivity contribution in [2.75, 3.05) is 0 Å². The smallest absolute Gasteiger partial charge is 0.234 e. The largest absolute Gasteiger partial charge is 0.248 e. The van der Waals surface area contributed by atoms with E-state index in [1.807, 2.05) is 18.5 Å². The maximum atomic E-state index is 13.5. The van der Waals surface area contributed by atoms with Crippen LogP contribution in [0.15, 0.2) is 24.5 Å². The first-order valence-corrected chi connectivity index (χ1v) is 5.28. The lowest BCUT2D eigenvalue weighted by molar-refractivity contribution is -0.661. The van der Waals surface area contributed by atoms with Crippen molar-refractivity contribution in [3.63, 3.8) is 0 Å². The highest BCUT2D eigenvalue weighted by atomic mass is 19.1. The van der Waals surface area contributed by atoms with Crippen LogP contribution in [0.4, 0.5) is 8.78 Å². The summed E-state index contributed by atoms with van der Waals surface area (Å²) in [6, 6.07) is 2.23. The van der Waals surface area contributed by atoms with E-state index in [2.05, 4.69) is 4.98 Å². The first-order chi connectivity index (χ1) is 8.00. The summed E-state index contributed by atoms with van der Waals surface area (Å²) in [5.41, 5.74) is 2.43. The van der Waals surface area contributed by atoms with E-state index in [0.29, 0.717) is 11.1 Å². The molecule has 4 heteroatoms. The Morgan fingerprint density at radius 2 is 1.88 bits per heavy atom. The minimum absolute atomic E-state index is 0.429. The summed E-state index contributed by atoms with van der Waals surface area (Å²) in [7, 11) is 1.83. The molecular weight excluding hydrogens is 222 g/mol. The molecule has 0 unspecified atom stereocenters. The Morgan fingerprint density at radius 3 is 2.53 bits per heavy atom. The van der Waals surface area contributed by atoms with Crippen LogP contribution < -0.4 is 4.57 Å². The molecule has 1 aromatic carbocycles. The fraction of sp³-hybridized carbons (Fsp3) is 0.231. The zero-order valence-electron chi connectivity index (χ0n) is 9.96. The number of aryl methyl sites for hydroxylation is 2. The molecule has 0 aliphatic heterocycles. The molecule has 0 saturated carbocycles. The van der Waals surface area contributed by atoms with Gasteiger partial charge in [0, 0.05) is 6.07 Å². The Balaban J connectivity index is 2.77. The lowest BCUT2D eigenvalue weighted by Crippen LogP contribution is -2.32. The van der Waals surface area contributed by atoms with Gasteiger partial charge in [0.15, 0.2) is 6.20 Å². The highest BCUT2D eigenvalue weighted by Gasteiger charge is 2.19. The quantitative estimate of drug-likeness (QED) is 0.694. The van der Waals surface area contributed by atoms with E-state index in [9.17, 15) is 8.78 Å². The van der Waals surface area contributed by atoms with Crippen molar-refractivity contribution < 1.29 is 13.3 Å². The summed E-state index contributed by atoms with van der Waals surface area (Å²) >= 11 is 0. The van der Waals surface area contributed by atoms with Crippen molar-refractivity contribution in [3.8, 4) is 11.3 Å². The lowest BCUT2D eigenvalue weighted by atomic mass is 10.0. The Hall–Kier alpha value is -1.84. The lowest BCUT2D eigenvalue weighted by Gasteiger charge is -2.07. The highest BCUT2D eigenvalue weighted by molar-refractivity contribution is 5.63. The van der Waals surface area contributed by atoms with Crippen LogP contribution in [0.25, 0.3) is 11.3 Å². The second-order valence-electron chi connectivity index (χ2n) is 4.03. The van der Waals surface area contributed by atoms with Crippen LogP contribution in [0.3, 0.4) is 0 Å². The molecule has 0 radical (unpaired) electrons. The van der Waals surface area contributed by atoms with E-state index < -0.39 is 11.6 Å². The third kappa shape index (κ3) is 2.02. The standard InChI is InChI=1S/C13H13F2N2/c1-8-11(6-10(14)7-12(8)15)13-9(2)16-4-5-17(13)3/h4-7H,1-3H3/q+1. The first kappa shape index (κ1) is 11.6. The summed E-state index contributed by atoms with van der Waals surface area (Å²) in [5, 5.41) is 0. The van der Waals surface area contributed by atoms with Crippen molar-refractivity contribution in [2.45, 2.75) is 13.8 Å². The number of rotatable bonds is 1. The summed E-state index contributed by atoms with van der Waals surface area (Å²) in [6.45, 7) is 3.45. The normalized spacial score (nSPS) is 10.6. The Bertz CT molecular complexity index is 560. The molecule has 17 heavy (non-hydrogen) atoms. The monoisotopic (exact) mass is 235 g/mol. The predicted molar refractivity (Wildman–Crippen MR) is 60.2 cm³/mol. The average molecular weight is 235 g/mol. The summed E-state index contributed by atoms with van der Waals surface area (Å²) < 4.78 is 28.6. The number of hydrogen-bond acceptors (Lipinski definition) is 1. The van der Waals surface area contributed by atoms with Gasteiger partial charge in [-0.25, -0.2) is 13.8 Å². The van der Waals surface area contributed by atoms with Crippen molar-refractivity contribution >= 4 is 0 Å². The van der Waals surface area contributed by atoms with Crippen molar-refractivity contribution in [3.05, 3.63) is 47.4 Å². The molecule has 0 aliphatic rings. The molecule has 0 amide bonds. The Labute approximate surface area is 98.6 Å². The van der Waals surface area contributed by atoms with Gasteiger partial charge in [-0.05, 0) is 25.5 Å². The van der Waals surface area contributed by atoms with E-state index in [0.717, 1.165) is 17.5 Å². The molecule has 1 aromatic heterocycles. The molecule has 1 heterocycles. The van der Waals surface area contributed by atoms with Gasteiger partial charge < -0.3 is 0 Å². The van der Waals surface area contributed by atoms with E-state index in [-0.39, 0.29) is 0 Å². The van der Waals surface area contributed by atoms with Crippen LogP contribution in [0.2, 0.25) is 0 Å². The van der Waals surface area contributed by atoms with Crippen LogP contribution in [0, 0.1) is 25.5 Å². The van der Waals surface area contributed by atoms with Gasteiger partial charge in [0.1, 0.15) is 24.4 Å². The molecule has 0 aliphatic carbocycles. The topological polar surface area (TPSA) is 16.8 Å².